The third-order valence-corrected chi connectivity index (χ3v) is 2.45. The fourth-order valence-corrected chi connectivity index (χ4v) is 1.68. The fourth-order valence-electron chi connectivity index (χ4n) is 1.68. The van der Waals surface area contributed by atoms with Gasteiger partial charge in [-0.25, -0.2) is 8.78 Å². The number of carbonyl (C=O) groups excluding carboxylic acids is 1. The number of anilines is 1. The fraction of sp³-hybridized carbons (Fsp3) is 0.417. The molecule has 0 aliphatic heterocycles. The first-order chi connectivity index (χ1) is 9.15. The highest BCUT2D eigenvalue weighted by molar-refractivity contribution is 5.95. The molecule has 0 aliphatic carbocycles. The van der Waals surface area contributed by atoms with Crippen LogP contribution in [0.5, 0.6) is 0 Å². The highest BCUT2D eigenvalue weighted by Gasteiger charge is 2.34. The quantitative estimate of drug-likeness (QED) is 0.686. The smallest absolute Gasteiger partial charge is 0.396 e. The van der Waals surface area contributed by atoms with Gasteiger partial charge in [-0.15, -0.1) is 0 Å². The number of amides is 1. The first kappa shape index (κ1) is 16.2. The minimum Gasteiger partial charge on any atom is -0.396 e. The summed E-state index contributed by atoms with van der Waals surface area (Å²) in [7, 11) is 0. The molecule has 0 heterocycles. The molecule has 0 aromatic heterocycles. The van der Waals surface area contributed by atoms with Crippen molar-refractivity contribution >= 4 is 11.6 Å². The highest BCUT2D eigenvalue weighted by Crippen LogP contribution is 2.22. The summed E-state index contributed by atoms with van der Waals surface area (Å²) < 4.78 is 63.9. The molecule has 0 unspecified atom stereocenters. The van der Waals surface area contributed by atoms with Crippen molar-refractivity contribution in [3.8, 4) is 0 Å². The van der Waals surface area contributed by atoms with Gasteiger partial charge in [0, 0.05) is 6.54 Å². The first-order valence-corrected chi connectivity index (χ1v) is 5.76. The number of nitrogens with zero attached hydrogens (tertiary/aromatic N) is 1. The van der Waals surface area contributed by atoms with Gasteiger partial charge in [0.1, 0.15) is 12.4 Å². The van der Waals surface area contributed by atoms with Gasteiger partial charge in [0.2, 0.25) is 0 Å². The van der Waals surface area contributed by atoms with Crippen molar-refractivity contribution in [1.82, 2.24) is 4.90 Å². The van der Waals surface area contributed by atoms with Crippen LogP contribution in [0.25, 0.3) is 0 Å². The standard InChI is InChI=1S/C12H13F5N2O/c1-2-3-19(6-12(15,16)17)11(20)8-4-7(13)5-9(18)10(8)14/h4-5H,2-3,6,18H2,1H3. The van der Waals surface area contributed by atoms with Crippen molar-refractivity contribution in [2.45, 2.75) is 19.5 Å². The third-order valence-electron chi connectivity index (χ3n) is 2.45. The zero-order valence-electron chi connectivity index (χ0n) is 10.6. The maximum Gasteiger partial charge on any atom is 0.406 e. The van der Waals surface area contributed by atoms with Gasteiger partial charge in [-0.3, -0.25) is 4.79 Å². The predicted molar refractivity (Wildman–Crippen MR) is 63.0 cm³/mol. The van der Waals surface area contributed by atoms with E-state index in [4.69, 9.17) is 5.73 Å². The van der Waals surface area contributed by atoms with Crippen LogP contribution < -0.4 is 5.73 Å². The van der Waals surface area contributed by atoms with E-state index in [2.05, 4.69) is 0 Å². The van der Waals surface area contributed by atoms with Crippen molar-refractivity contribution in [2.24, 2.45) is 0 Å². The number of rotatable bonds is 4. The number of carbonyl (C=O) groups is 1. The van der Waals surface area contributed by atoms with E-state index in [0.29, 0.717) is 17.0 Å². The molecule has 1 amide bonds. The molecular weight excluding hydrogens is 283 g/mol. The first-order valence-electron chi connectivity index (χ1n) is 5.76. The second-order valence-electron chi connectivity index (χ2n) is 4.20. The molecule has 0 atom stereocenters. The highest BCUT2D eigenvalue weighted by atomic mass is 19.4. The summed E-state index contributed by atoms with van der Waals surface area (Å²) in [6.45, 7) is -0.198. The predicted octanol–water partition coefficient (Wildman–Crippen LogP) is 2.96. The average molecular weight is 296 g/mol. The molecule has 0 spiro atoms. The van der Waals surface area contributed by atoms with Gasteiger partial charge in [0.05, 0.1) is 11.3 Å². The van der Waals surface area contributed by atoms with Crippen LogP contribution in [0.2, 0.25) is 0 Å². The summed E-state index contributed by atoms with van der Waals surface area (Å²) in [5.74, 6) is -3.46. The lowest BCUT2D eigenvalue weighted by molar-refractivity contribution is -0.140. The molecule has 1 rings (SSSR count). The molecule has 0 fully saturated rings. The van der Waals surface area contributed by atoms with E-state index >= 15 is 0 Å². The number of halogens is 5. The maximum atomic E-state index is 13.6. The SMILES string of the molecule is CCCN(CC(F)(F)F)C(=O)c1cc(F)cc(N)c1F. The van der Waals surface area contributed by atoms with E-state index in [1.54, 1.807) is 6.92 Å². The van der Waals surface area contributed by atoms with E-state index in [-0.39, 0.29) is 13.0 Å². The van der Waals surface area contributed by atoms with Crippen molar-refractivity contribution in [3.63, 3.8) is 0 Å². The molecule has 3 nitrogen and oxygen atoms in total. The van der Waals surface area contributed by atoms with Gasteiger partial charge >= 0.3 is 6.18 Å². The summed E-state index contributed by atoms with van der Waals surface area (Å²) in [6.07, 6.45) is -4.38. The van der Waals surface area contributed by atoms with Crippen molar-refractivity contribution in [1.29, 1.82) is 0 Å². The van der Waals surface area contributed by atoms with Crippen LogP contribution in [0.15, 0.2) is 12.1 Å². The monoisotopic (exact) mass is 296 g/mol. The Morgan fingerprint density at radius 2 is 1.90 bits per heavy atom. The molecule has 0 bridgehead atoms. The van der Waals surface area contributed by atoms with Gasteiger partial charge in [0.15, 0.2) is 5.82 Å². The lowest BCUT2D eigenvalue weighted by Gasteiger charge is -2.23. The van der Waals surface area contributed by atoms with Gasteiger partial charge in [-0.2, -0.15) is 13.2 Å². The van der Waals surface area contributed by atoms with Crippen LogP contribution in [0.3, 0.4) is 0 Å². The summed E-state index contributed by atoms with van der Waals surface area (Å²) in [5, 5.41) is 0. The summed E-state index contributed by atoms with van der Waals surface area (Å²) in [4.78, 5) is 12.3. The maximum absolute atomic E-state index is 13.6. The Labute approximate surface area is 112 Å². The third kappa shape index (κ3) is 4.07. The number of hydrogen-bond donors (Lipinski definition) is 1. The minimum absolute atomic E-state index is 0.228. The topological polar surface area (TPSA) is 46.3 Å². The second kappa shape index (κ2) is 6.06. The minimum atomic E-state index is -4.62. The average Bonchev–Trinajstić information content (AvgIpc) is 2.30. The van der Waals surface area contributed by atoms with Crippen LogP contribution in [0.1, 0.15) is 23.7 Å². The number of hydrogen-bond acceptors (Lipinski definition) is 2. The molecule has 20 heavy (non-hydrogen) atoms. The Bertz CT molecular complexity index is 501. The molecule has 8 heteroatoms. The molecule has 0 saturated heterocycles. The molecule has 0 saturated carbocycles. The van der Waals surface area contributed by atoms with Crippen LogP contribution in [0.4, 0.5) is 27.6 Å². The number of nitrogens with two attached hydrogens (primary N) is 1. The zero-order chi connectivity index (χ0) is 15.5. The largest absolute Gasteiger partial charge is 0.406 e. The molecule has 1 aromatic carbocycles. The molecule has 2 N–H and O–H groups in total. The molecule has 0 radical (unpaired) electrons. The van der Waals surface area contributed by atoms with Crippen molar-refractivity contribution in [2.75, 3.05) is 18.8 Å². The van der Waals surface area contributed by atoms with Crippen LogP contribution in [-0.2, 0) is 0 Å². The molecule has 112 valence electrons. The Hall–Kier alpha value is -1.86. The summed E-state index contributed by atoms with van der Waals surface area (Å²) in [5.41, 5.74) is 3.72. The van der Waals surface area contributed by atoms with Gasteiger partial charge < -0.3 is 10.6 Å². The van der Waals surface area contributed by atoms with Gasteiger partial charge in [0.25, 0.3) is 5.91 Å². The zero-order valence-corrected chi connectivity index (χ0v) is 10.6. The second-order valence-corrected chi connectivity index (χ2v) is 4.20. The summed E-state index contributed by atoms with van der Waals surface area (Å²) in [6, 6.07) is 1.19. The van der Waals surface area contributed by atoms with Gasteiger partial charge in [-0.05, 0) is 18.6 Å². The van der Waals surface area contributed by atoms with E-state index in [1.807, 2.05) is 0 Å². The van der Waals surface area contributed by atoms with Crippen molar-refractivity contribution in [3.05, 3.63) is 29.3 Å². The van der Waals surface area contributed by atoms with Crippen LogP contribution in [0, 0.1) is 11.6 Å². The number of alkyl halides is 3. The molecule has 0 aliphatic rings. The number of benzene rings is 1. The van der Waals surface area contributed by atoms with Gasteiger partial charge in [-0.1, -0.05) is 6.92 Å². The normalized spacial score (nSPS) is 11.5. The Morgan fingerprint density at radius 3 is 2.40 bits per heavy atom. The van der Waals surface area contributed by atoms with E-state index < -0.39 is 41.5 Å². The molecular formula is C12H13F5N2O. The van der Waals surface area contributed by atoms with E-state index in [9.17, 15) is 26.7 Å². The van der Waals surface area contributed by atoms with Crippen molar-refractivity contribution < 1.29 is 26.7 Å². The lowest BCUT2D eigenvalue weighted by Crippen LogP contribution is -2.39. The Morgan fingerprint density at radius 1 is 1.30 bits per heavy atom. The molecule has 1 aromatic rings. The van der Waals surface area contributed by atoms with Crippen LogP contribution in [-0.4, -0.2) is 30.1 Å². The lowest BCUT2D eigenvalue weighted by atomic mass is 10.1. The Balaban J connectivity index is 3.12. The number of nitrogen functional groups attached to an aromatic ring is 1. The van der Waals surface area contributed by atoms with E-state index in [1.165, 1.54) is 0 Å². The Kier molecular flexibility index (Phi) is 4.91. The summed E-state index contributed by atoms with van der Waals surface area (Å²) >= 11 is 0. The van der Waals surface area contributed by atoms with E-state index in [0.717, 1.165) is 0 Å². The van der Waals surface area contributed by atoms with Crippen LogP contribution >= 0.6 is 0 Å².